The summed E-state index contributed by atoms with van der Waals surface area (Å²) in [6, 6.07) is 6.67. The minimum atomic E-state index is -0.283. The number of nitrogens with one attached hydrogen (secondary N) is 1. The SMILES string of the molecule is Cn1nccc1C(=O)Nc1cccc(Cl)c1Cl. The molecule has 0 saturated carbocycles. The summed E-state index contributed by atoms with van der Waals surface area (Å²) in [6.07, 6.45) is 1.55. The van der Waals surface area contributed by atoms with Gasteiger partial charge >= 0.3 is 0 Å². The lowest BCUT2D eigenvalue weighted by Crippen LogP contribution is -2.16. The molecule has 1 aromatic heterocycles. The summed E-state index contributed by atoms with van der Waals surface area (Å²) in [5.41, 5.74) is 0.923. The molecule has 0 fully saturated rings. The maximum atomic E-state index is 11.9. The number of hydrogen-bond donors (Lipinski definition) is 1. The second-order valence-corrected chi connectivity index (χ2v) is 4.18. The molecular formula is C11H9Cl2N3O. The first-order valence-corrected chi connectivity index (χ1v) is 5.58. The average molecular weight is 270 g/mol. The normalized spacial score (nSPS) is 10.3. The maximum Gasteiger partial charge on any atom is 0.273 e. The number of amides is 1. The van der Waals surface area contributed by atoms with Gasteiger partial charge in [-0.2, -0.15) is 5.10 Å². The van der Waals surface area contributed by atoms with E-state index in [1.54, 1.807) is 37.5 Å². The highest BCUT2D eigenvalue weighted by atomic mass is 35.5. The molecular weight excluding hydrogens is 261 g/mol. The van der Waals surface area contributed by atoms with Crippen LogP contribution in [0.2, 0.25) is 10.0 Å². The van der Waals surface area contributed by atoms with Crippen LogP contribution >= 0.6 is 23.2 Å². The van der Waals surface area contributed by atoms with Crippen molar-refractivity contribution >= 4 is 34.8 Å². The zero-order chi connectivity index (χ0) is 12.4. The smallest absolute Gasteiger partial charge is 0.273 e. The highest BCUT2D eigenvalue weighted by Crippen LogP contribution is 2.29. The highest BCUT2D eigenvalue weighted by Gasteiger charge is 2.12. The third-order valence-corrected chi connectivity index (χ3v) is 3.07. The molecule has 0 saturated heterocycles. The fourth-order valence-electron chi connectivity index (χ4n) is 1.38. The summed E-state index contributed by atoms with van der Waals surface area (Å²) in [7, 11) is 1.69. The van der Waals surface area contributed by atoms with E-state index in [9.17, 15) is 4.79 Å². The van der Waals surface area contributed by atoms with E-state index in [4.69, 9.17) is 23.2 Å². The van der Waals surface area contributed by atoms with Gasteiger partial charge in [-0.25, -0.2) is 0 Å². The zero-order valence-corrected chi connectivity index (χ0v) is 10.5. The first-order valence-electron chi connectivity index (χ1n) is 4.83. The third kappa shape index (κ3) is 2.43. The van der Waals surface area contributed by atoms with Crippen molar-refractivity contribution in [1.82, 2.24) is 9.78 Å². The second-order valence-electron chi connectivity index (χ2n) is 3.40. The van der Waals surface area contributed by atoms with Gasteiger partial charge in [0.25, 0.3) is 5.91 Å². The lowest BCUT2D eigenvalue weighted by atomic mass is 10.3. The Morgan fingerprint density at radius 1 is 1.35 bits per heavy atom. The highest BCUT2D eigenvalue weighted by molar-refractivity contribution is 6.44. The number of anilines is 1. The number of rotatable bonds is 2. The largest absolute Gasteiger partial charge is 0.319 e. The second kappa shape index (κ2) is 4.77. The molecule has 2 aromatic rings. The number of aryl methyl sites for hydroxylation is 1. The van der Waals surface area contributed by atoms with Crippen LogP contribution in [0.1, 0.15) is 10.5 Å². The molecule has 2 rings (SSSR count). The van der Waals surface area contributed by atoms with Crippen LogP contribution in [0.5, 0.6) is 0 Å². The van der Waals surface area contributed by atoms with E-state index >= 15 is 0 Å². The average Bonchev–Trinajstić information content (AvgIpc) is 2.71. The van der Waals surface area contributed by atoms with Crippen LogP contribution in [-0.2, 0) is 7.05 Å². The van der Waals surface area contributed by atoms with Crippen molar-refractivity contribution in [1.29, 1.82) is 0 Å². The summed E-state index contributed by atoms with van der Waals surface area (Å²) >= 11 is 11.8. The van der Waals surface area contributed by atoms with Gasteiger partial charge in [0.05, 0.1) is 15.7 Å². The lowest BCUT2D eigenvalue weighted by molar-refractivity contribution is 0.101. The van der Waals surface area contributed by atoms with Gasteiger partial charge in [0.1, 0.15) is 5.69 Å². The van der Waals surface area contributed by atoms with Gasteiger partial charge in [0.15, 0.2) is 0 Å². The van der Waals surface area contributed by atoms with Crippen molar-refractivity contribution in [3.05, 3.63) is 46.2 Å². The minimum Gasteiger partial charge on any atom is -0.319 e. The minimum absolute atomic E-state index is 0.283. The molecule has 17 heavy (non-hydrogen) atoms. The monoisotopic (exact) mass is 269 g/mol. The van der Waals surface area contributed by atoms with Gasteiger partial charge in [0.2, 0.25) is 0 Å². The summed E-state index contributed by atoms with van der Waals surface area (Å²) in [5, 5.41) is 7.32. The van der Waals surface area contributed by atoms with Crippen molar-refractivity contribution in [2.24, 2.45) is 7.05 Å². The third-order valence-electron chi connectivity index (χ3n) is 2.25. The number of aromatic nitrogens is 2. The van der Waals surface area contributed by atoms with Crippen LogP contribution in [0, 0.1) is 0 Å². The number of halogens is 2. The van der Waals surface area contributed by atoms with E-state index in [0.717, 1.165) is 0 Å². The standard InChI is InChI=1S/C11H9Cl2N3O/c1-16-9(5-6-14-16)11(17)15-8-4-2-3-7(12)10(8)13/h2-6H,1H3,(H,15,17). The van der Waals surface area contributed by atoms with E-state index in [1.165, 1.54) is 4.68 Å². The molecule has 0 spiro atoms. The maximum absolute atomic E-state index is 11.9. The predicted molar refractivity (Wildman–Crippen MR) is 67.6 cm³/mol. The molecule has 6 heteroatoms. The van der Waals surface area contributed by atoms with Crippen LogP contribution in [0.15, 0.2) is 30.5 Å². The van der Waals surface area contributed by atoms with Crippen molar-refractivity contribution < 1.29 is 4.79 Å². The van der Waals surface area contributed by atoms with Crippen molar-refractivity contribution in [2.45, 2.75) is 0 Å². The fraction of sp³-hybridized carbons (Fsp3) is 0.0909. The Hall–Kier alpha value is -1.52. The Bertz CT molecular complexity index is 566. The molecule has 1 N–H and O–H groups in total. The van der Waals surface area contributed by atoms with Crippen molar-refractivity contribution in [2.75, 3.05) is 5.32 Å². The van der Waals surface area contributed by atoms with Crippen molar-refractivity contribution in [3.63, 3.8) is 0 Å². The van der Waals surface area contributed by atoms with E-state index in [1.807, 2.05) is 0 Å². The van der Waals surface area contributed by atoms with Gasteiger partial charge < -0.3 is 5.32 Å². The van der Waals surface area contributed by atoms with Crippen molar-refractivity contribution in [3.8, 4) is 0 Å². The molecule has 1 amide bonds. The van der Waals surface area contributed by atoms with E-state index in [0.29, 0.717) is 21.4 Å². The number of hydrogen-bond acceptors (Lipinski definition) is 2. The number of nitrogens with zero attached hydrogens (tertiary/aromatic N) is 2. The molecule has 0 aliphatic carbocycles. The molecule has 0 bridgehead atoms. The predicted octanol–water partition coefficient (Wildman–Crippen LogP) is 2.98. The topological polar surface area (TPSA) is 46.9 Å². The van der Waals surface area contributed by atoms with Crippen LogP contribution in [-0.4, -0.2) is 15.7 Å². The van der Waals surface area contributed by atoms with Gasteiger partial charge in [0, 0.05) is 13.2 Å². The van der Waals surface area contributed by atoms with Gasteiger partial charge in [-0.3, -0.25) is 9.48 Å². The Balaban J connectivity index is 2.25. The van der Waals surface area contributed by atoms with Gasteiger partial charge in [-0.05, 0) is 18.2 Å². The molecule has 0 unspecified atom stereocenters. The van der Waals surface area contributed by atoms with Crippen LogP contribution in [0.4, 0.5) is 5.69 Å². The van der Waals surface area contributed by atoms with Gasteiger partial charge in [-0.15, -0.1) is 0 Å². The van der Waals surface area contributed by atoms with Crippen LogP contribution < -0.4 is 5.32 Å². The van der Waals surface area contributed by atoms with Gasteiger partial charge in [-0.1, -0.05) is 29.3 Å². The summed E-state index contributed by atoms with van der Waals surface area (Å²) in [5.74, 6) is -0.283. The molecule has 0 aliphatic heterocycles. The molecule has 0 radical (unpaired) electrons. The molecule has 88 valence electrons. The molecule has 4 nitrogen and oxygen atoms in total. The van der Waals surface area contributed by atoms with Crippen LogP contribution in [0.3, 0.4) is 0 Å². The summed E-state index contributed by atoms with van der Waals surface area (Å²) < 4.78 is 1.48. The molecule has 0 aliphatic rings. The first kappa shape index (κ1) is 12.0. The Morgan fingerprint density at radius 2 is 2.12 bits per heavy atom. The number of carbonyl (C=O) groups excluding carboxylic acids is 1. The number of carbonyl (C=O) groups is 1. The molecule has 0 atom stereocenters. The van der Waals surface area contributed by atoms with Crippen LogP contribution in [0.25, 0.3) is 0 Å². The van der Waals surface area contributed by atoms with E-state index < -0.39 is 0 Å². The van der Waals surface area contributed by atoms with E-state index in [2.05, 4.69) is 10.4 Å². The summed E-state index contributed by atoms with van der Waals surface area (Å²) in [4.78, 5) is 11.9. The zero-order valence-electron chi connectivity index (χ0n) is 8.95. The molecule has 1 aromatic carbocycles. The summed E-state index contributed by atoms with van der Waals surface area (Å²) in [6.45, 7) is 0. The Morgan fingerprint density at radius 3 is 2.76 bits per heavy atom. The lowest BCUT2D eigenvalue weighted by Gasteiger charge is -2.07. The fourth-order valence-corrected chi connectivity index (χ4v) is 1.73. The quantitative estimate of drug-likeness (QED) is 0.911. The number of benzene rings is 1. The molecule has 1 heterocycles. The van der Waals surface area contributed by atoms with E-state index in [-0.39, 0.29) is 5.91 Å². The Kier molecular flexibility index (Phi) is 3.36. The first-order chi connectivity index (χ1) is 8.09. The Labute approximate surface area is 108 Å².